The van der Waals surface area contributed by atoms with E-state index in [4.69, 9.17) is 4.74 Å². The van der Waals surface area contributed by atoms with Crippen molar-refractivity contribution in [3.63, 3.8) is 0 Å². The molecule has 8 nitrogen and oxygen atoms in total. The van der Waals surface area contributed by atoms with Gasteiger partial charge in [0.2, 0.25) is 5.91 Å². The standard InChI is InChI=1S/C23H27N3O5S/c27-19(25-22(30)26-23-9-13-5-14(10-23)7-15(6-13)11-23)12-31-20(28)8-18-21(29)24-16-3-1-2-4-17(16)32-18/h1-4,13-15,18H,5-12H2,(H,24,29)(H2,25,26,27,30)/t13?,14?,15?,18-,23?/m0/s1. The lowest BCUT2D eigenvalue weighted by atomic mass is 9.53. The third-order valence-corrected chi connectivity index (χ3v) is 8.37. The molecule has 9 heteroatoms. The molecular formula is C23H27N3O5S. The lowest BCUT2D eigenvalue weighted by molar-refractivity contribution is -0.148. The number of hydrogen-bond donors (Lipinski definition) is 3. The van der Waals surface area contributed by atoms with Crippen molar-refractivity contribution in [2.45, 2.75) is 60.6 Å². The fraction of sp³-hybridized carbons (Fsp3) is 0.565. The number of benzene rings is 1. The molecule has 0 aromatic heterocycles. The Labute approximate surface area is 190 Å². The number of amides is 4. The second-order valence-electron chi connectivity index (χ2n) is 9.66. The first-order valence-electron chi connectivity index (χ1n) is 11.2. The number of rotatable bonds is 5. The molecule has 5 aliphatic rings. The van der Waals surface area contributed by atoms with Crippen LogP contribution in [0.2, 0.25) is 0 Å². The molecule has 0 radical (unpaired) electrons. The number of nitrogens with one attached hydrogen (secondary N) is 3. The molecule has 4 aliphatic carbocycles. The Kier molecular flexibility index (Phi) is 5.61. The van der Waals surface area contributed by atoms with E-state index in [1.165, 1.54) is 31.0 Å². The molecule has 6 rings (SSSR count). The first-order valence-corrected chi connectivity index (χ1v) is 12.1. The maximum absolute atomic E-state index is 12.4. The zero-order chi connectivity index (χ0) is 22.3. The SMILES string of the molecule is O=C(COC(=O)C[C@@H]1Sc2ccccc2NC1=O)NC(=O)NC12CC3CC(CC(C3)C1)C2. The van der Waals surface area contributed by atoms with Gasteiger partial charge in [0.25, 0.3) is 5.91 Å². The van der Waals surface area contributed by atoms with Crippen LogP contribution in [-0.2, 0) is 19.1 Å². The smallest absolute Gasteiger partial charge is 0.321 e. The minimum atomic E-state index is -0.674. The quantitative estimate of drug-likeness (QED) is 0.586. The van der Waals surface area contributed by atoms with E-state index in [2.05, 4.69) is 16.0 Å². The summed E-state index contributed by atoms with van der Waals surface area (Å²) in [4.78, 5) is 49.8. The first kappa shape index (κ1) is 21.3. The largest absolute Gasteiger partial charge is 0.456 e. The highest BCUT2D eigenvalue weighted by molar-refractivity contribution is 8.01. The Morgan fingerprint density at radius 2 is 1.72 bits per heavy atom. The second-order valence-corrected chi connectivity index (χ2v) is 10.9. The van der Waals surface area contributed by atoms with Gasteiger partial charge in [-0.2, -0.15) is 0 Å². The zero-order valence-electron chi connectivity index (χ0n) is 17.7. The summed E-state index contributed by atoms with van der Waals surface area (Å²) in [7, 11) is 0. The van der Waals surface area contributed by atoms with Crippen LogP contribution >= 0.6 is 11.8 Å². The van der Waals surface area contributed by atoms with Gasteiger partial charge in [-0.3, -0.25) is 19.7 Å². The number of urea groups is 1. The molecule has 170 valence electrons. The first-order chi connectivity index (χ1) is 15.4. The predicted molar refractivity (Wildman–Crippen MR) is 118 cm³/mol. The number of ether oxygens (including phenoxy) is 1. The molecule has 1 aromatic rings. The molecule has 4 amide bonds. The summed E-state index contributed by atoms with van der Waals surface area (Å²) in [6.45, 7) is -0.553. The highest BCUT2D eigenvalue weighted by Gasteiger charge is 2.51. The normalized spacial score (nSPS) is 31.9. The molecule has 4 fully saturated rings. The molecular weight excluding hydrogens is 430 g/mol. The monoisotopic (exact) mass is 457 g/mol. The summed E-state index contributed by atoms with van der Waals surface area (Å²) in [5.74, 6) is 0.436. The molecule has 32 heavy (non-hydrogen) atoms. The maximum Gasteiger partial charge on any atom is 0.321 e. The minimum Gasteiger partial charge on any atom is -0.456 e. The van der Waals surface area contributed by atoms with Gasteiger partial charge in [-0.15, -0.1) is 11.8 Å². The van der Waals surface area contributed by atoms with Crippen LogP contribution in [0.15, 0.2) is 29.2 Å². The number of anilines is 1. The summed E-state index contributed by atoms with van der Waals surface area (Å²) >= 11 is 1.29. The van der Waals surface area contributed by atoms with Gasteiger partial charge in [0.05, 0.1) is 17.4 Å². The van der Waals surface area contributed by atoms with Crippen LogP contribution in [0.4, 0.5) is 10.5 Å². The van der Waals surface area contributed by atoms with Crippen LogP contribution in [0, 0.1) is 17.8 Å². The van der Waals surface area contributed by atoms with Gasteiger partial charge in [0.1, 0.15) is 0 Å². The zero-order valence-corrected chi connectivity index (χ0v) is 18.5. The molecule has 3 N–H and O–H groups in total. The van der Waals surface area contributed by atoms with Crippen molar-refractivity contribution in [2.24, 2.45) is 17.8 Å². The van der Waals surface area contributed by atoms with E-state index in [0.717, 1.165) is 29.8 Å². The highest BCUT2D eigenvalue weighted by atomic mass is 32.2. The van der Waals surface area contributed by atoms with Gasteiger partial charge in [-0.05, 0) is 68.4 Å². The van der Waals surface area contributed by atoms with Crippen LogP contribution in [0.3, 0.4) is 0 Å². The summed E-state index contributed by atoms with van der Waals surface area (Å²) in [5, 5.41) is 7.48. The average molecular weight is 458 g/mol. The minimum absolute atomic E-state index is 0.155. The fourth-order valence-electron chi connectivity index (χ4n) is 6.28. The van der Waals surface area contributed by atoms with Crippen molar-refractivity contribution in [3.05, 3.63) is 24.3 Å². The maximum atomic E-state index is 12.4. The third-order valence-electron chi connectivity index (χ3n) is 7.09. The Hall–Kier alpha value is -2.55. The van der Waals surface area contributed by atoms with Crippen molar-refractivity contribution in [2.75, 3.05) is 11.9 Å². The highest BCUT2D eigenvalue weighted by Crippen LogP contribution is 2.55. The van der Waals surface area contributed by atoms with Gasteiger partial charge in [0.15, 0.2) is 6.61 Å². The van der Waals surface area contributed by atoms with Crippen LogP contribution in [-0.4, -0.2) is 41.2 Å². The lowest BCUT2D eigenvalue weighted by Crippen LogP contribution is -2.62. The van der Waals surface area contributed by atoms with Crippen molar-refractivity contribution in [1.82, 2.24) is 10.6 Å². The average Bonchev–Trinajstić information content (AvgIpc) is 2.71. The van der Waals surface area contributed by atoms with Gasteiger partial charge in [-0.1, -0.05) is 12.1 Å². The Morgan fingerprint density at radius 3 is 2.41 bits per heavy atom. The molecule has 4 bridgehead atoms. The van der Waals surface area contributed by atoms with Crippen LogP contribution < -0.4 is 16.0 Å². The van der Waals surface area contributed by atoms with Crippen molar-refractivity contribution in [1.29, 1.82) is 0 Å². The number of esters is 1. The van der Waals surface area contributed by atoms with Crippen LogP contribution in [0.5, 0.6) is 0 Å². The molecule has 4 saturated carbocycles. The van der Waals surface area contributed by atoms with Crippen LogP contribution in [0.25, 0.3) is 0 Å². The number of fused-ring (bicyclic) bond motifs is 1. The van der Waals surface area contributed by atoms with E-state index in [9.17, 15) is 19.2 Å². The number of carbonyl (C=O) groups excluding carboxylic acids is 4. The molecule has 1 aliphatic heterocycles. The number of para-hydroxylation sites is 1. The summed E-state index contributed by atoms with van der Waals surface area (Å²) < 4.78 is 5.01. The van der Waals surface area contributed by atoms with E-state index < -0.39 is 29.8 Å². The van der Waals surface area contributed by atoms with E-state index in [-0.39, 0.29) is 17.9 Å². The Morgan fingerprint density at radius 1 is 1.06 bits per heavy atom. The Balaban J connectivity index is 1.07. The van der Waals surface area contributed by atoms with Gasteiger partial charge < -0.3 is 15.4 Å². The number of carbonyl (C=O) groups is 4. The van der Waals surface area contributed by atoms with E-state index in [0.29, 0.717) is 17.8 Å². The second kappa shape index (κ2) is 8.42. The van der Waals surface area contributed by atoms with E-state index >= 15 is 0 Å². The Bertz CT molecular complexity index is 929. The van der Waals surface area contributed by atoms with E-state index in [1.807, 2.05) is 18.2 Å². The number of thioether (sulfide) groups is 1. The summed E-state index contributed by atoms with van der Waals surface area (Å²) in [5.41, 5.74) is 0.522. The van der Waals surface area contributed by atoms with Gasteiger partial charge in [0, 0.05) is 10.4 Å². The number of hydrogen-bond acceptors (Lipinski definition) is 6. The third kappa shape index (κ3) is 4.48. The molecule has 1 heterocycles. The van der Waals surface area contributed by atoms with Gasteiger partial charge in [-0.25, -0.2) is 4.79 Å². The molecule has 0 unspecified atom stereocenters. The predicted octanol–water partition coefficient (Wildman–Crippen LogP) is 2.83. The number of imide groups is 1. The summed E-state index contributed by atoms with van der Waals surface area (Å²) in [6, 6.07) is 6.83. The van der Waals surface area contributed by atoms with Crippen LogP contribution in [0.1, 0.15) is 44.9 Å². The topological polar surface area (TPSA) is 114 Å². The molecule has 0 saturated heterocycles. The molecule has 0 spiro atoms. The van der Waals surface area contributed by atoms with E-state index in [1.54, 1.807) is 6.07 Å². The molecule has 1 atom stereocenters. The lowest BCUT2D eigenvalue weighted by Gasteiger charge is -2.56. The fourth-order valence-corrected chi connectivity index (χ4v) is 7.38. The summed E-state index contributed by atoms with van der Waals surface area (Å²) in [6.07, 6.45) is 6.60. The van der Waals surface area contributed by atoms with Crippen molar-refractivity contribution < 1.29 is 23.9 Å². The van der Waals surface area contributed by atoms with Crippen molar-refractivity contribution >= 4 is 41.3 Å². The van der Waals surface area contributed by atoms with Crippen molar-refractivity contribution in [3.8, 4) is 0 Å². The van der Waals surface area contributed by atoms with Gasteiger partial charge >= 0.3 is 12.0 Å². The molecule has 1 aromatic carbocycles.